The molecular formula is C28H20F6N2O4. The summed E-state index contributed by atoms with van der Waals surface area (Å²) in [6, 6.07) is 11.3. The highest BCUT2D eigenvalue weighted by molar-refractivity contribution is 6.22. The van der Waals surface area contributed by atoms with Crippen molar-refractivity contribution in [3.8, 4) is 0 Å². The second-order valence-electron chi connectivity index (χ2n) is 9.51. The molecule has 0 saturated heterocycles. The third-order valence-electron chi connectivity index (χ3n) is 7.03. The monoisotopic (exact) mass is 562 g/mol. The van der Waals surface area contributed by atoms with Gasteiger partial charge in [0.1, 0.15) is 0 Å². The molecule has 3 aromatic carbocycles. The summed E-state index contributed by atoms with van der Waals surface area (Å²) in [6.45, 7) is -0.121. The minimum Gasteiger partial charge on any atom is -0.369 e. The molecule has 2 heterocycles. The van der Waals surface area contributed by atoms with Crippen LogP contribution in [0.5, 0.6) is 0 Å². The van der Waals surface area contributed by atoms with Crippen molar-refractivity contribution in [1.29, 1.82) is 0 Å². The first-order chi connectivity index (χ1) is 18.8. The van der Waals surface area contributed by atoms with Crippen molar-refractivity contribution in [2.45, 2.75) is 31.4 Å². The quantitative estimate of drug-likeness (QED) is 0.329. The predicted molar refractivity (Wildman–Crippen MR) is 128 cm³/mol. The van der Waals surface area contributed by atoms with Gasteiger partial charge in [0.05, 0.1) is 22.3 Å². The lowest BCUT2D eigenvalue weighted by molar-refractivity contribution is -0.138. The number of amides is 3. The Bertz CT molecular complexity index is 1500. The first kappa shape index (κ1) is 27.4. The predicted octanol–water partition coefficient (Wildman–Crippen LogP) is 5.25. The fraction of sp³-hybridized carbons (Fsp3) is 0.250. The van der Waals surface area contributed by atoms with E-state index in [1.54, 1.807) is 0 Å². The van der Waals surface area contributed by atoms with E-state index in [9.17, 15) is 45.8 Å². The van der Waals surface area contributed by atoms with Gasteiger partial charge in [-0.15, -0.1) is 0 Å². The minimum absolute atomic E-state index is 0.00684. The van der Waals surface area contributed by atoms with E-state index in [-0.39, 0.29) is 48.2 Å². The van der Waals surface area contributed by atoms with Crippen LogP contribution in [0.3, 0.4) is 0 Å². The number of aliphatic hydroxyl groups excluding tert-OH is 1. The number of fused-ring (bicyclic) bond motifs is 2. The number of benzene rings is 3. The van der Waals surface area contributed by atoms with Crippen LogP contribution in [-0.4, -0.2) is 45.7 Å². The smallest absolute Gasteiger partial charge is 0.369 e. The van der Waals surface area contributed by atoms with Crippen LogP contribution in [0, 0.1) is 0 Å². The Kier molecular flexibility index (Phi) is 6.69. The Balaban J connectivity index is 1.27. The molecule has 2 aliphatic rings. The summed E-state index contributed by atoms with van der Waals surface area (Å²) in [4.78, 5) is 41.0. The summed E-state index contributed by atoms with van der Waals surface area (Å²) >= 11 is 0. The average molecular weight is 562 g/mol. The van der Waals surface area contributed by atoms with E-state index in [4.69, 9.17) is 0 Å². The molecule has 0 radical (unpaired) electrons. The molecule has 0 spiro atoms. The normalized spacial score (nSPS) is 17.1. The first-order valence-corrected chi connectivity index (χ1v) is 12.1. The van der Waals surface area contributed by atoms with Crippen LogP contribution in [0.2, 0.25) is 0 Å². The van der Waals surface area contributed by atoms with Crippen LogP contribution in [0.1, 0.15) is 65.1 Å². The molecule has 12 heteroatoms. The highest BCUT2D eigenvalue weighted by Crippen LogP contribution is 2.37. The number of nitrogens with zero attached hydrogens (tertiary/aromatic N) is 2. The second kappa shape index (κ2) is 9.77. The zero-order chi connectivity index (χ0) is 29.0. The summed E-state index contributed by atoms with van der Waals surface area (Å²) < 4.78 is 76.7. The standard InChI is InChI=1S/C28H20F6N2O4/c29-27(30,31)17-5-1-15(2-6-17)9-11-35-23(37)19-13-21-22(14-20(19)24(35)38)26(40)36(25(21)39)12-10-16-3-7-18(8-4-16)28(32,33)34/h1-8,13-14,23,37H,9-12H2. The van der Waals surface area contributed by atoms with E-state index in [1.165, 1.54) is 36.4 Å². The number of hydrogen-bond acceptors (Lipinski definition) is 4. The Hall–Kier alpha value is -4.19. The Morgan fingerprint density at radius 3 is 1.55 bits per heavy atom. The number of halogens is 6. The van der Waals surface area contributed by atoms with E-state index in [2.05, 4.69) is 0 Å². The Morgan fingerprint density at radius 1 is 0.625 bits per heavy atom. The van der Waals surface area contributed by atoms with E-state index in [0.29, 0.717) is 11.1 Å². The molecule has 0 bridgehead atoms. The lowest BCUT2D eigenvalue weighted by Crippen LogP contribution is -2.32. The maximum atomic E-state index is 13.0. The van der Waals surface area contributed by atoms with Gasteiger partial charge in [-0.2, -0.15) is 26.3 Å². The summed E-state index contributed by atoms with van der Waals surface area (Å²) in [6.07, 6.45) is -10.1. The highest BCUT2D eigenvalue weighted by atomic mass is 19.4. The molecule has 0 aromatic heterocycles. The first-order valence-electron chi connectivity index (χ1n) is 12.1. The van der Waals surface area contributed by atoms with Crippen molar-refractivity contribution in [2.24, 2.45) is 0 Å². The van der Waals surface area contributed by atoms with Gasteiger partial charge in [0.15, 0.2) is 6.23 Å². The molecule has 40 heavy (non-hydrogen) atoms. The molecule has 6 nitrogen and oxygen atoms in total. The lowest BCUT2D eigenvalue weighted by atomic mass is 10.0. The molecule has 1 unspecified atom stereocenters. The van der Waals surface area contributed by atoms with E-state index >= 15 is 0 Å². The van der Waals surface area contributed by atoms with Crippen LogP contribution in [0.15, 0.2) is 60.7 Å². The van der Waals surface area contributed by atoms with Gasteiger partial charge in [-0.1, -0.05) is 24.3 Å². The van der Waals surface area contributed by atoms with Crippen LogP contribution >= 0.6 is 0 Å². The number of carbonyl (C=O) groups excluding carboxylic acids is 3. The fourth-order valence-corrected chi connectivity index (χ4v) is 4.82. The van der Waals surface area contributed by atoms with Crippen LogP contribution in [-0.2, 0) is 25.2 Å². The van der Waals surface area contributed by atoms with Gasteiger partial charge in [-0.3, -0.25) is 19.3 Å². The summed E-state index contributed by atoms with van der Waals surface area (Å²) in [5, 5.41) is 10.8. The second-order valence-corrected chi connectivity index (χ2v) is 9.51. The lowest BCUT2D eigenvalue weighted by Gasteiger charge is -2.21. The zero-order valence-corrected chi connectivity index (χ0v) is 20.5. The number of aliphatic hydroxyl groups is 1. The summed E-state index contributed by atoms with van der Waals surface area (Å²) in [5.41, 5.74) is -0.497. The van der Waals surface area contributed by atoms with Gasteiger partial charge in [0.2, 0.25) is 0 Å². The number of imide groups is 1. The van der Waals surface area contributed by atoms with Gasteiger partial charge in [-0.05, 0) is 60.4 Å². The van der Waals surface area contributed by atoms with Gasteiger partial charge >= 0.3 is 12.4 Å². The topological polar surface area (TPSA) is 77.9 Å². The largest absolute Gasteiger partial charge is 0.416 e. The number of alkyl halides is 6. The molecular weight excluding hydrogens is 542 g/mol. The van der Waals surface area contributed by atoms with Crippen molar-refractivity contribution in [2.75, 3.05) is 13.1 Å². The molecule has 1 N–H and O–H groups in total. The highest BCUT2D eigenvalue weighted by Gasteiger charge is 2.42. The maximum Gasteiger partial charge on any atom is 0.416 e. The molecule has 0 fully saturated rings. The molecule has 5 rings (SSSR count). The molecule has 0 saturated carbocycles. The molecule has 2 aliphatic heterocycles. The summed E-state index contributed by atoms with van der Waals surface area (Å²) in [5.74, 6) is -1.92. The Morgan fingerprint density at radius 2 is 1.07 bits per heavy atom. The van der Waals surface area contributed by atoms with Crippen molar-refractivity contribution < 1.29 is 45.8 Å². The van der Waals surface area contributed by atoms with Gasteiger partial charge in [0.25, 0.3) is 17.7 Å². The van der Waals surface area contributed by atoms with Gasteiger partial charge in [0, 0.05) is 24.2 Å². The fourth-order valence-electron chi connectivity index (χ4n) is 4.82. The summed E-state index contributed by atoms with van der Waals surface area (Å²) in [7, 11) is 0. The van der Waals surface area contributed by atoms with E-state index in [0.717, 1.165) is 34.1 Å². The van der Waals surface area contributed by atoms with Crippen LogP contribution in [0.25, 0.3) is 0 Å². The molecule has 1 atom stereocenters. The SMILES string of the molecule is O=C1c2cc3c(cc2C(=O)N1CCc1ccc(C(F)(F)F)cc1)C(O)N(CCc1ccc(C(F)(F)F)cc1)C3=O. The van der Waals surface area contributed by atoms with Crippen molar-refractivity contribution in [3.05, 3.63) is 105 Å². The molecule has 208 valence electrons. The third kappa shape index (κ3) is 4.94. The number of carbonyl (C=O) groups is 3. The number of rotatable bonds is 6. The average Bonchev–Trinajstić information content (AvgIpc) is 3.28. The van der Waals surface area contributed by atoms with Crippen LogP contribution in [0.4, 0.5) is 26.3 Å². The molecule has 3 amide bonds. The van der Waals surface area contributed by atoms with Gasteiger partial charge in [-0.25, -0.2) is 0 Å². The Labute approximate surface area is 223 Å². The van der Waals surface area contributed by atoms with Crippen molar-refractivity contribution in [1.82, 2.24) is 9.80 Å². The number of hydrogen-bond donors (Lipinski definition) is 1. The van der Waals surface area contributed by atoms with Crippen molar-refractivity contribution >= 4 is 17.7 Å². The van der Waals surface area contributed by atoms with Crippen molar-refractivity contribution in [3.63, 3.8) is 0 Å². The van der Waals surface area contributed by atoms with E-state index < -0.39 is 47.4 Å². The van der Waals surface area contributed by atoms with Crippen LogP contribution < -0.4 is 0 Å². The van der Waals surface area contributed by atoms with Gasteiger partial charge < -0.3 is 10.0 Å². The molecule has 0 aliphatic carbocycles. The third-order valence-corrected chi connectivity index (χ3v) is 7.03. The zero-order valence-electron chi connectivity index (χ0n) is 20.5. The maximum absolute atomic E-state index is 13.0. The molecule has 3 aromatic rings. The van der Waals surface area contributed by atoms with E-state index in [1.807, 2.05) is 0 Å². The minimum atomic E-state index is -4.48.